The van der Waals surface area contributed by atoms with Crippen LogP contribution in [0.1, 0.15) is 65.5 Å². The molecule has 0 saturated heterocycles. The predicted octanol–water partition coefficient (Wildman–Crippen LogP) is 7.56. The van der Waals surface area contributed by atoms with Gasteiger partial charge in [0.15, 0.2) is 5.30 Å². The molecule has 0 amide bonds. The zero-order valence-corrected chi connectivity index (χ0v) is 26.8. The van der Waals surface area contributed by atoms with Crippen molar-refractivity contribution in [3.8, 4) is 0 Å². The molecule has 0 saturated carbocycles. The van der Waals surface area contributed by atoms with Crippen molar-refractivity contribution in [2.24, 2.45) is 11.5 Å². The minimum atomic E-state index is -0.320. The molecular weight excluding hydrogens is 535 g/mol. The molecule has 0 fully saturated rings. The van der Waals surface area contributed by atoms with E-state index in [-0.39, 0.29) is 19.5 Å². The van der Waals surface area contributed by atoms with Crippen molar-refractivity contribution in [2.45, 2.75) is 65.5 Å². The number of nitrogens with two attached hydrogens (primary N) is 4. The maximum absolute atomic E-state index is 10.2. The molecule has 3 aromatic carbocycles. The Morgan fingerprint density at radius 1 is 0.595 bits per heavy atom. The normalized spacial score (nSPS) is 21.9. The van der Waals surface area contributed by atoms with Gasteiger partial charge >= 0.3 is 8.46 Å². The van der Waals surface area contributed by atoms with Gasteiger partial charge in [-0.3, -0.25) is 0 Å². The Kier molecular flexibility index (Phi) is 10.9. The largest absolute Gasteiger partial charge is 0.399 e. The molecule has 3 unspecified atom stereocenters. The van der Waals surface area contributed by atoms with Crippen LogP contribution in [-0.4, -0.2) is 11.1 Å². The van der Waals surface area contributed by atoms with Crippen LogP contribution in [0.3, 0.4) is 0 Å². The van der Waals surface area contributed by atoms with Crippen LogP contribution >= 0.6 is 8.46 Å². The van der Waals surface area contributed by atoms with E-state index in [9.17, 15) is 4.57 Å². The average Bonchev–Trinajstić information content (AvgIpc) is 2.90. The standard InChI is InChI=1S/2C15H20N2.C6H5OP/c2*1-10-8-15(3,17)9-11(2)14(10)12-4-6-13(16)7-5-12;7-8-6-4-2-1-3-5-6/h2*4-8H,9,16-17H2,1-3H3;1-5H/p+1. The van der Waals surface area contributed by atoms with E-state index in [2.05, 4.69) is 78.0 Å². The molecule has 42 heavy (non-hydrogen) atoms. The zero-order chi connectivity index (χ0) is 31.1. The van der Waals surface area contributed by atoms with Crippen LogP contribution in [-0.2, 0) is 4.57 Å². The van der Waals surface area contributed by atoms with Crippen molar-refractivity contribution in [1.29, 1.82) is 0 Å². The fourth-order valence-electron chi connectivity index (χ4n) is 5.98. The van der Waals surface area contributed by atoms with Crippen molar-refractivity contribution >= 4 is 36.3 Å². The number of anilines is 2. The molecule has 0 radical (unpaired) electrons. The van der Waals surface area contributed by atoms with Crippen molar-refractivity contribution in [2.75, 3.05) is 11.5 Å². The second-order valence-electron chi connectivity index (χ2n) is 12.0. The van der Waals surface area contributed by atoms with Crippen molar-refractivity contribution in [3.63, 3.8) is 0 Å². The summed E-state index contributed by atoms with van der Waals surface area (Å²) in [5.41, 5.74) is 35.3. The average molecular weight is 582 g/mol. The topological polar surface area (TPSA) is 121 Å². The van der Waals surface area contributed by atoms with Gasteiger partial charge in [0, 0.05) is 22.5 Å². The smallest absolute Gasteiger partial charge is 0.363 e. The monoisotopic (exact) mass is 581 g/mol. The number of benzene rings is 3. The molecule has 220 valence electrons. The van der Waals surface area contributed by atoms with Gasteiger partial charge in [-0.15, -0.1) is 0 Å². The molecule has 8 N–H and O–H groups in total. The van der Waals surface area contributed by atoms with Gasteiger partial charge in [0.25, 0.3) is 0 Å². The van der Waals surface area contributed by atoms with Gasteiger partial charge in [-0.2, -0.15) is 0 Å². The summed E-state index contributed by atoms with van der Waals surface area (Å²) in [6.45, 7) is 12.7. The van der Waals surface area contributed by atoms with Crippen LogP contribution in [0.2, 0.25) is 0 Å². The highest BCUT2D eigenvalue weighted by atomic mass is 31.1. The molecule has 0 heterocycles. The highest BCUT2D eigenvalue weighted by molar-refractivity contribution is 7.34. The van der Waals surface area contributed by atoms with Crippen LogP contribution in [0.4, 0.5) is 11.4 Å². The SMILES string of the molecule is CC1=CC(C)(N)CC(C)=C1c1ccc(N)cc1.CC1=CC(C)(N)CC(C)=C1c1ccc(N)cc1.O=[PH+]c1ccccc1. The summed E-state index contributed by atoms with van der Waals surface area (Å²) < 4.78 is 10.2. The molecule has 3 atom stereocenters. The minimum absolute atomic E-state index is 0.217. The van der Waals surface area contributed by atoms with E-state index in [0.717, 1.165) is 29.5 Å². The van der Waals surface area contributed by atoms with Crippen LogP contribution in [0, 0.1) is 0 Å². The van der Waals surface area contributed by atoms with Crippen LogP contribution < -0.4 is 28.2 Å². The van der Waals surface area contributed by atoms with Crippen LogP contribution in [0.5, 0.6) is 0 Å². The predicted molar refractivity (Wildman–Crippen MR) is 184 cm³/mol. The molecule has 2 aliphatic carbocycles. The number of allylic oxidation sites excluding steroid dienone is 4. The van der Waals surface area contributed by atoms with Gasteiger partial charge in [-0.05, 0) is 124 Å². The maximum atomic E-state index is 10.2. The summed E-state index contributed by atoms with van der Waals surface area (Å²) in [4.78, 5) is 0. The van der Waals surface area contributed by atoms with Crippen LogP contribution in [0.15, 0.2) is 113 Å². The summed E-state index contributed by atoms with van der Waals surface area (Å²) in [6, 6.07) is 25.4. The van der Waals surface area contributed by atoms with Gasteiger partial charge in [0.1, 0.15) is 0 Å². The second kappa shape index (κ2) is 13.9. The van der Waals surface area contributed by atoms with Crippen molar-refractivity contribution < 1.29 is 4.57 Å². The molecule has 0 aliphatic heterocycles. The van der Waals surface area contributed by atoms with E-state index in [1.54, 1.807) is 0 Å². The first-order chi connectivity index (χ1) is 19.7. The summed E-state index contributed by atoms with van der Waals surface area (Å²) in [5, 5.41) is 0.882. The minimum Gasteiger partial charge on any atom is -0.399 e. The molecule has 6 heteroatoms. The first kappa shape index (κ1) is 32.8. The molecule has 2 aliphatic rings. The third-order valence-electron chi connectivity index (χ3n) is 7.32. The Hall–Kier alpha value is -3.76. The Balaban J connectivity index is 0.000000184. The Bertz CT molecular complexity index is 1420. The molecular formula is C36H46N4OP+. The van der Waals surface area contributed by atoms with E-state index >= 15 is 0 Å². The molecule has 3 aromatic rings. The molecule has 0 aromatic heterocycles. The van der Waals surface area contributed by atoms with Gasteiger partial charge in [0.05, 0.1) is 0 Å². The number of nitrogen functional groups attached to an aromatic ring is 2. The van der Waals surface area contributed by atoms with E-state index in [0.29, 0.717) is 0 Å². The van der Waals surface area contributed by atoms with E-state index in [4.69, 9.17) is 22.9 Å². The van der Waals surface area contributed by atoms with Crippen LogP contribution in [0.25, 0.3) is 11.1 Å². The summed E-state index contributed by atoms with van der Waals surface area (Å²) in [5.74, 6) is 0. The molecule has 0 spiro atoms. The second-order valence-corrected chi connectivity index (χ2v) is 12.8. The lowest BCUT2D eigenvalue weighted by atomic mass is 9.80. The fraction of sp³-hybridized carbons (Fsp3) is 0.278. The highest BCUT2D eigenvalue weighted by Crippen LogP contribution is 2.37. The third-order valence-corrected chi connectivity index (χ3v) is 7.89. The zero-order valence-electron chi connectivity index (χ0n) is 25.8. The number of hydrogen-bond acceptors (Lipinski definition) is 5. The van der Waals surface area contributed by atoms with Gasteiger partial charge in [-0.25, -0.2) is 0 Å². The third kappa shape index (κ3) is 9.12. The Morgan fingerprint density at radius 3 is 1.24 bits per heavy atom. The highest BCUT2D eigenvalue weighted by Gasteiger charge is 2.25. The van der Waals surface area contributed by atoms with E-state index in [1.807, 2.05) is 54.6 Å². The summed E-state index contributed by atoms with van der Waals surface area (Å²) in [6.07, 6.45) is 6.13. The lowest BCUT2D eigenvalue weighted by molar-refractivity contribution is 0.569. The molecule has 0 bridgehead atoms. The van der Waals surface area contributed by atoms with Gasteiger partial charge in [-0.1, -0.05) is 70.3 Å². The summed E-state index contributed by atoms with van der Waals surface area (Å²) in [7, 11) is -0.320. The van der Waals surface area contributed by atoms with E-state index in [1.165, 1.54) is 44.6 Å². The lowest BCUT2D eigenvalue weighted by Crippen LogP contribution is -2.36. The summed E-state index contributed by atoms with van der Waals surface area (Å²) >= 11 is 0. The number of hydrogen-bond donors (Lipinski definition) is 4. The van der Waals surface area contributed by atoms with Gasteiger partial charge in [0.2, 0.25) is 0 Å². The van der Waals surface area contributed by atoms with Crippen molar-refractivity contribution in [3.05, 3.63) is 124 Å². The van der Waals surface area contributed by atoms with E-state index < -0.39 is 0 Å². The first-order valence-corrected chi connectivity index (χ1v) is 15.1. The first-order valence-electron chi connectivity index (χ1n) is 14.2. The quantitative estimate of drug-likeness (QED) is 0.188. The maximum Gasteiger partial charge on any atom is 0.363 e. The Labute approximate surface area is 253 Å². The molecule has 5 nitrogen and oxygen atoms in total. The van der Waals surface area contributed by atoms with Crippen molar-refractivity contribution in [1.82, 2.24) is 0 Å². The number of rotatable bonds is 3. The Morgan fingerprint density at radius 2 is 0.952 bits per heavy atom. The van der Waals surface area contributed by atoms with Gasteiger partial charge < -0.3 is 22.9 Å². The molecule has 5 rings (SSSR count). The lowest BCUT2D eigenvalue weighted by Gasteiger charge is -2.29. The fourth-order valence-corrected chi connectivity index (χ4v) is 6.31.